The van der Waals surface area contributed by atoms with Crippen LogP contribution in [0.3, 0.4) is 0 Å². The number of hydrogen-bond acceptors (Lipinski definition) is 9. The van der Waals surface area contributed by atoms with Crippen molar-refractivity contribution >= 4 is 30.8 Å². The van der Waals surface area contributed by atoms with Crippen molar-refractivity contribution in [2.24, 2.45) is 0 Å². The van der Waals surface area contributed by atoms with E-state index in [2.05, 4.69) is 10.3 Å². The van der Waals surface area contributed by atoms with E-state index in [1.807, 2.05) is 13.0 Å². The largest absolute Gasteiger partial charge is 0.491 e. The molecule has 2 atom stereocenters. The van der Waals surface area contributed by atoms with Gasteiger partial charge in [0.2, 0.25) is 10.0 Å². The highest BCUT2D eigenvalue weighted by molar-refractivity contribution is 7.91. The van der Waals surface area contributed by atoms with Crippen LogP contribution in [-0.4, -0.2) is 87.6 Å². The Balaban J connectivity index is 1.09. The lowest BCUT2D eigenvalue weighted by atomic mass is 9.88. The van der Waals surface area contributed by atoms with Crippen molar-refractivity contribution in [1.29, 1.82) is 0 Å². The first-order valence-electron chi connectivity index (χ1n) is 14.0. The van der Waals surface area contributed by atoms with E-state index in [9.17, 15) is 21.9 Å². The van der Waals surface area contributed by atoms with Crippen molar-refractivity contribution in [2.75, 3.05) is 38.6 Å². The molecule has 3 heterocycles. The van der Waals surface area contributed by atoms with Gasteiger partial charge in [-0.2, -0.15) is 4.31 Å². The Kier molecular flexibility index (Phi) is 8.98. The summed E-state index contributed by atoms with van der Waals surface area (Å²) in [6.07, 6.45) is 3.35. The lowest BCUT2D eigenvalue weighted by Gasteiger charge is -2.38. The number of rotatable bonds is 11. The standard InChI is InChI=1S/C29H37N3O7S2/c1-2-15-40(34,35)26-7-3-6-25(17-26)38-21-24(33)19-31-23-18-29(39-20-23)10-13-32(14-11-29)41(36,37)27-8-9-28-22(16-27)5-4-12-30-28/h3-9,12,16-17,23-24,31,33H,2,10-11,13-15,18-21H2,1H3/t23-,24?/m1/s1. The van der Waals surface area contributed by atoms with E-state index in [-0.39, 0.29) is 40.3 Å². The number of benzene rings is 2. The molecular weight excluding hydrogens is 566 g/mol. The van der Waals surface area contributed by atoms with Gasteiger partial charge in [0.1, 0.15) is 18.5 Å². The van der Waals surface area contributed by atoms with Crippen molar-refractivity contribution in [3.8, 4) is 5.75 Å². The molecule has 0 bridgehead atoms. The van der Waals surface area contributed by atoms with Gasteiger partial charge in [0.15, 0.2) is 9.84 Å². The van der Waals surface area contributed by atoms with E-state index in [0.29, 0.717) is 44.7 Å². The number of pyridine rings is 1. The number of ether oxygens (including phenoxy) is 2. The van der Waals surface area contributed by atoms with E-state index < -0.39 is 26.0 Å². The molecule has 0 saturated carbocycles. The van der Waals surface area contributed by atoms with Gasteiger partial charge in [0, 0.05) is 37.3 Å². The smallest absolute Gasteiger partial charge is 0.243 e. The molecule has 12 heteroatoms. The highest BCUT2D eigenvalue weighted by Gasteiger charge is 2.44. The third-order valence-electron chi connectivity index (χ3n) is 7.78. The molecule has 5 rings (SSSR count). The van der Waals surface area contributed by atoms with Crippen LogP contribution in [0.2, 0.25) is 0 Å². The van der Waals surface area contributed by atoms with Gasteiger partial charge in [-0.3, -0.25) is 4.98 Å². The zero-order valence-electron chi connectivity index (χ0n) is 23.1. The molecule has 1 spiro atoms. The highest BCUT2D eigenvalue weighted by atomic mass is 32.2. The number of sulfone groups is 1. The first-order valence-corrected chi connectivity index (χ1v) is 17.1. The van der Waals surface area contributed by atoms with Gasteiger partial charge in [-0.15, -0.1) is 0 Å². The van der Waals surface area contributed by atoms with Crippen molar-refractivity contribution in [3.05, 3.63) is 60.8 Å². The third kappa shape index (κ3) is 6.90. The number of aliphatic hydroxyl groups is 1. The lowest BCUT2D eigenvalue weighted by molar-refractivity contribution is -0.0312. The molecule has 3 aromatic rings. The van der Waals surface area contributed by atoms with Crippen LogP contribution < -0.4 is 10.1 Å². The first-order chi connectivity index (χ1) is 19.6. The minimum atomic E-state index is -3.62. The van der Waals surface area contributed by atoms with Gasteiger partial charge in [-0.1, -0.05) is 19.1 Å². The number of nitrogens with zero attached hydrogens (tertiary/aromatic N) is 2. The fraction of sp³-hybridized carbons (Fsp3) is 0.483. The van der Waals surface area contributed by atoms with E-state index in [4.69, 9.17) is 9.47 Å². The van der Waals surface area contributed by atoms with Crippen LogP contribution in [0, 0.1) is 0 Å². The van der Waals surface area contributed by atoms with Gasteiger partial charge in [-0.25, -0.2) is 16.8 Å². The first kappa shape index (κ1) is 29.9. The van der Waals surface area contributed by atoms with Crippen LogP contribution in [0.5, 0.6) is 5.75 Å². The Labute approximate surface area is 241 Å². The van der Waals surface area contributed by atoms with E-state index in [0.717, 1.165) is 17.3 Å². The maximum absolute atomic E-state index is 13.3. The molecule has 1 aromatic heterocycles. The monoisotopic (exact) mass is 603 g/mol. The molecule has 2 aromatic carbocycles. The SMILES string of the molecule is CCCS(=O)(=O)c1cccc(OCC(O)CN[C@H]2COC3(CCN(S(=O)(=O)c4ccc5ncccc5c4)CC3)C2)c1. The highest BCUT2D eigenvalue weighted by Crippen LogP contribution is 2.37. The molecule has 0 radical (unpaired) electrons. The fourth-order valence-electron chi connectivity index (χ4n) is 5.52. The quantitative estimate of drug-likeness (QED) is 0.339. The summed E-state index contributed by atoms with van der Waals surface area (Å²) in [5.41, 5.74) is 0.369. The molecule has 2 saturated heterocycles. The van der Waals surface area contributed by atoms with Crippen LogP contribution in [0.25, 0.3) is 10.9 Å². The molecule has 1 unspecified atom stereocenters. The Morgan fingerprint density at radius 2 is 1.90 bits per heavy atom. The fourth-order valence-corrected chi connectivity index (χ4v) is 8.35. The van der Waals surface area contributed by atoms with Crippen LogP contribution in [-0.2, 0) is 24.6 Å². The van der Waals surface area contributed by atoms with E-state index >= 15 is 0 Å². The molecule has 41 heavy (non-hydrogen) atoms. The third-order valence-corrected chi connectivity index (χ3v) is 11.6. The second kappa shape index (κ2) is 12.3. The van der Waals surface area contributed by atoms with Gasteiger partial charge < -0.3 is 19.9 Å². The predicted octanol–water partition coefficient (Wildman–Crippen LogP) is 2.76. The topological polar surface area (TPSA) is 135 Å². The zero-order chi connectivity index (χ0) is 29.1. The normalized spacial score (nSPS) is 20.4. The molecule has 0 aliphatic carbocycles. The summed E-state index contributed by atoms with van der Waals surface area (Å²) in [5.74, 6) is 0.468. The molecule has 2 N–H and O–H groups in total. The van der Waals surface area contributed by atoms with Crippen molar-refractivity contribution < 1.29 is 31.4 Å². The molecular formula is C29H37N3O7S2. The lowest BCUT2D eigenvalue weighted by Crippen LogP contribution is -2.47. The number of aliphatic hydroxyl groups excluding tert-OH is 1. The maximum Gasteiger partial charge on any atom is 0.243 e. The average Bonchev–Trinajstić information content (AvgIpc) is 3.37. The number of aromatic nitrogens is 1. The Morgan fingerprint density at radius 1 is 1.10 bits per heavy atom. The Hall–Kier alpha value is -2.61. The summed E-state index contributed by atoms with van der Waals surface area (Å²) in [6.45, 7) is 3.36. The van der Waals surface area contributed by atoms with Gasteiger partial charge in [0.05, 0.1) is 33.3 Å². The number of sulfonamides is 1. The number of fused-ring (bicyclic) bond motifs is 1. The number of piperidine rings is 1. The summed E-state index contributed by atoms with van der Waals surface area (Å²) < 4.78 is 64.6. The molecule has 2 aliphatic rings. The molecule has 10 nitrogen and oxygen atoms in total. The van der Waals surface area contributed by atoms with Crippen molar-refractivity contribution in [3.63, 3.8) is 0 Å². The molecule has 2 fully saturated rings. The molecule has 0 amide bonds. The van der Waals surface area contributed by atoms with Crippen molar-refractivity contribution in [2.45, 2.75) is 60.1 Å². The van der Waals surface area contributed by atoms with Gasteiger partial charge in [-0.05, 0) is 68.1 Å². The predicted molar refractivity (Wildman–Crippen MR) is 155 cm³/mol. The summed E-state index contributed by atoms with van der Waals surface area (Å²) in [5, 5.41) is 14.6. The average molecular weight is 604 g/mol. The van der Waals surface area contributed by atoms with E-state index in [1.54, 1.807) is 48.7 Å². The second-order valence-electron chi connectivity index (χ2n) is 10.8. The van der Waals surface area contributed by atoms with E-state index in [1.165, 1.54) is 10.4 Å². The summed E-state index contributed by atoms with van der Waals surface area (Å²) in [6, 6.07) is 15.0. The Morgan fingerprint density at radius 3 is 2.68 bits per heavy atom. The van der Waals surface area contributed by atoms with Crippen molar-refractivity contribution in [1.82, 2.24) is 14.6 Å². The summed E-state index contributed by atoms with van der Waals surface area (Å²) in [4.78, 5) is 4.75. The van der Waals surface area contributed by atoms with Crippen LogP contribution in [0.15, 0.2) is 70.6 Å². The Bertz CT molecular complexity index is 1570. The van der Waals surface area contributed by atoms with Gasteiger partial charge in [0.25, 0.3) is 0 Å². The second-order valence-corrected chi connectivity index (χ2v) is 14.9. The van der Waals surface area contributed by atoms with Crippen LogP contribution in [0.1, 0.15) is 32.6 Å². The number of hydrogen-bond donors (Lipinski definition) is 2. The molecule has 222 valence electrons. The number of nitrogens with one attached hydrogen (secondary N) is 1. The summed E-state index contributed by atoms with van der Waals surface area (Å²) in [7, 11) is -6.97. The minimum absolute atomic E-state index is 0.0145. The van der Waals surface area contributed by atoms with Crippen LogP contribution >= 0.6 is 0 Å². The minimum Gasteiger partial charge on any atom is -0.491 e. The zero-order valence-corrected chi connectivity index (χ0v) is 24.7. The molecule has 2 aliphatic heterocycles. The van der Waals surface area contributed by atoms with Crippen LogP contribution in [0.4, 0.5) is 0 Å². The van der Waals surface area contributed by atoms with Gasteiger partial charge >= 0.3 is 0 Å². The summed E-state index contributed by atoms with van der Waals surface area (Å²) >= 11 is 0. The maximum atomic E-state index is 13.3.